The van der Waals surface area contributed by atoms with E-state index in [1.807, 2.05) is 18.2 Å². The lowest BCUT2D eigenvalue weighted by molar-refractivity contribution is 0.0340. The Bertz CT molecular complexity index is 763. The Morgan fingerprint density at radius 1 is 1.42 bits per heavy atom. The van der Waals surface area contributed by atoms with Gasteiger partial charge in [-0.1, -0.05) is 23.7 Å². The van der Waals surface area contributed by atoms with Gasteiger partial charge in [0.15, 0.2) is 0 Å². The summed E-state index contributed by atoms with van der Waals surface area (Å²) in [6.07, 6.45) is 0.211. The summed E-state index contributed by atoms with van der Waals surface area (Å²) in [5.74, 6) is -0.0700. The van der Waals surface area contributed by atoms with Crippen LogP contribution in [0.4, 0.5) is 15.0 Å². The number of pyridine rings is 1. The van der Waals surface area contributed by atoms with Crippen molar-refractivity contribution in [1.29, 1.82) is 0 Å². The van der Waals surface area contributed by atoms with Gasteiger partial charge in [0.25, 0.3) is 0 Å². The molecule has 1 amide bonds. The molecule has 138 valence electrons. The van der Waals surface area contributed by atoms with Crippen LogP contribution in [0.25, 0.3) is 0 Å². The monoisotopic (exact) mass is 379 g/mol. The molecular weight excluding hydrogens is 361 g/mol. The van der Waals surface area contributed by atoms with Crippen molar-refractivity contribution in [3.63, 3.8) is 0 Å². The number of rotatable bonds is 4. The van der Waals surface area contributed by atoms with Crippen molar-refractivity contribution in [2.45, 2.75) is 6.10 Å². The second kappa shape index (κ2) is 8.33. The van der Waals surface area contributed by atoms with Crippen LogP contribution in [0.15, 0.2) is 42.6 Å². The van der Waals surface area contributed by atoms with Crippen LogP contribution in [0.2, 0.25) is 5.02 Å². The third-order valence-electron chi connectivity index (χ3n) is 4.29. The highest BCUT2D eigenvalue weighted by Gasteiger charge is 2.31. The molecule has 1 aromatic carbocycles. The lowest BCUT2D eigenvalue weighted by Gasteiger charge is -2.27. The first-order valence-corrected chi connectivity index (χ1v) is 8.61. The molecule has 3 rings (SSSR count). The second-order valence-corrected chi connectivity index (χ2v) is 6.46. The van der Waals surface area contributed by atoms with E-state index in [-0.39, 0.29) is 30.6 Å². The normalized spacial score (nSPS) is 20.5. The van der Waals surface area contributed by atoms with Crippen molar-refractivity contribution in [3.8, 4) is 0 Å². The van der Waals surface area contributed by atoms with Crippen LogP contribution in [0.1, 0.15) is 11.7 Å². The Hall–Kier alpha value is -2.38. The molecule has 1 aliphatic heterocycles. The van der Waals surface area contributed by atoms with Gasteiger partial charge in [0.1, 0.15) is 11.6 Å². The van der Waals surface area contributed by atoms with Gasteiger partial charge in [-0.05, 0) is 29.8 Å². The number of ether oxygens (including phenoxy) is 1. The van der Waals surface area contributed by atoms with Crippen LogP contribution in [-0.4, -0.2) is 47.3 Å². The minimum Gasteiger partial charge on any atom is -0.465 e. The van der Waals surface area contributed by atoms with Gasteiger partial charge in [-0.3, -0.25) is 0 Å². The zero-order chi connectivity index (χ0) is 18.5. The first-order valence-electron chi connectivity index (χ1n) is 8.24. The summed E-state index contributed by atoms with van der Waals surface area (Å²) in [5.41, 5.74) is 0.631. The van der Waals surface area contributed by atoms with Gasteiger partial charge in [0.2, 0.25) is 0 Å². The number of amides is 1. The van der Waals surface area contributed by atoms with Crippen molar-refractivity contribution in [2.75, 3.05) is 31.6 Å². The summed E-state index contributed by atoms with van der Waals surface area (Å²) in [7, 11) is 0. The fourth-order valence-electron chi connectivity index (χ4n) is 3.00. The van der Waals surface area contributed by atoms with Gasteiger partial charge >= 0.3 is 6.09 Å². The molecule has 2 aromatic rings. The molecule has 0 spiro atoms. The maximum atomic E-state index is 13.9. The van der Waals surface area contributed by atoms with Gasteiger partial charge in [-0.25, -0.2) is 14.2 Å². The maximum Gasteiger partial charge on any atom is 0.407 e. The van der Waals surface area contributed by atoms with E-state index >= 15 is 0 Å². The minimum absolute atomic E-state index is 0.0395. The van der Waals surface area contributed by atoms with Gasteiger partial charge < -0.3 is 20.1 Å². The van der Waals surface area contributed by atoms with E-state index in [4.69, 9.17) is 16.3 Å². The summed E-state index contributed by atoms with van der Waals surface area (Å²) in [6, 6.07) is 10.0. The predicted octanol–water partition coefficient (Wildman–Crippen LogP) is 3.65. The van der Waals surface area contributed by atoms with Crippen LogP contribution in [0.5, 0.6) is 0 Å². The minimum atomic E-state index is -1.00. The Labute approximate surface area is 155 Å². The first kappa shape index (κ1) is 18.4. The summed E-state index contributed by atoms with van der Waals surface area (Å²) in [6.45, 7) is 1.20. The molecule has 0 saturated carbocycles. The lowest BCUT2D eigenvalue weighted by atomic mass is 9.95. The molecule has 0 radical (unpaired) electrons. The average Bonchev–Trinajstić information content (AvgIpc) is 2.86. The topological polar surface area (TPSA) is 74.7 Å². The maximum absolute atomic E-state index is 13.9. The van der Waals surface area contributed by atoms with E-state index in [1.54, 1.807) is 12.3 Å². The molecular formula is C18H19ClFN3O3. The smallest absolute Gasteiger partial charge is 0.407 e. The van der Waals surface area contributed by atoms with E-state index in [0.29, 0.717) is 17.9 Å². The molecule has 2 heterocycles. The highest BCUT2D eigenvalue weighted by Crippen LogP contribution is 2.31. The van der Waals surface area contributed by atoms with Crippen molar-refractivity contribution < 1.29 is 19.0 Å². The number of benzene rings is 1. The number of nitrogens with zero attached hydrogens (tertiary/aromatic N) is 2. The van der Waals surface area contributed by atoms with Crippen LogP contribution >= 0.6 is 11.6 Å². The highest BCUT2D eigenvalue weighted by atomic mass is 35.5. The average molecular weight is 380 g/mol. The van der Waals surface area contributed by atoms with Gasteiger partial charge in [-0.2, -0.15) is 0 Å². The molecule has 1 saturated heterocycles. The number of anilines is 1. The van der Waals surface area contributed by atoms with Crippen LogP contribution in [0.3, 0.4) is 0 Å². The highest BCUT2D eigenvalue weighted by molar-refractivity contribution is 6.30. The quantitative estimate of drug-likeness (QED) is 0.848. The Balaban J connectivity index is 1.83. The van der Waals surface area contributed by atoms with Crippen molar-refractivity contribution in [2.24, 2.45) is 5.92 Å². The van der Waals surface area contributed by atoms with E-state index in [1.165, 1.54) is 17.0 Å². The molecule has 26 heavy (non-hydrogen) atoms. The predicted molar refractivity (Wildman–Crippen MR) is 95.9 cm³/mol. The zero-order valence-corrected chi connectivity index (χ0v) is 14.7. The number of halogens is 2. The van der Waals surface area contributed by atoms with Gasteiger partial charge in [-0.15, -0.1) is 0 Å². The number of aromatic nitrogens is 1. The molecule has 1 aliphatic rings. The van der Waals surface area contributed by atoms with E-state index in [9.17, 15) is 14.3 Å². The van der Waals surface area contributed by atoms with Crippen molar-refractivity contribution in [3.05, 3.63) is 59.0 Å². The molecule has 8 heteroatoms. The third-order valence-corrected chi connectivity index (χ3v) is 4.60. The van der Waals surface area contributed by atoms with Crippen LogP contribution < -0.4 is 5.32 Å². The van der Waals surface area contributed by atoms with Crippen molar-refractivity contribution >= 4 is 23.5 Å². The van der Waals surface area contributed by atoms with Crippen molar-refractivity contribution in [1.82, 2.24) is 9.88 Å². The van der Waals surface area contributed by atoms with Crippen LogP contribution in [0, 0.1) is 11.7 Å². The Morgan fingerprint density at radius 3 is 2.96 bits per heavy atom. The Morgan fingerprint density at radius 2 is 2.27 bits per heavy atom. The molecule has 1 aromatic heterocycles. The third kappa shape index (κ3) is 4.42. The summed E-state index contributed by atoms with van der Waals surface area (Å²) >= 11 is 5.77. The molecule has 2 N–H and O–H groups in total. The van der Waals surface area contributed by atoms with Gasteiger partial charge in [0, 0.05) is 31.7 Å². The molecule has 1 fully saturated rings. The molecule has 0 unspecified atom stereocenters. The van der Waals surface area contributed by atoms with E-state index < -0.39 is 18.0 Å². The number of nitrogens with one attached hydrogen (secondary N) is 1. The van der Waals surface area contributed by atoms with E-state index in [0.717, 1.165) is 0 Å². The fraction of sp³-hybridized carbons (Fsp3) is 0.333. The summed E-state index contributed by atoms with van der Waals surface area (Å²) in [5, 5.41) is 12.6. The molecule has 0 aliphatic carbocycles. The second-order valence-electron chi connectivity index (χ2n) is 6.05. The molecule has 6 nitrogen and oxygen atoms in total. The van der Waals surface area contributed by atoms with E-state index in [2.05, 4.69) is 10.3 Å². The SMILES string of the molecule is O=C(O)N1CCO[C@@H](c2ccc(Cl)c(F)c2)[C@H](CNc2ccccn2)C1. The fourth-order valence-corrected chi connectivity index (χ4v) is 3.12. The molecule has 0 bridgehead atoms. The standard InChI is InChI=1S/C18H19ClFN3O3/c19-14-5-4-12(9-15(14)20)17-13(10-22-16-3-1-2-6-21-16)11-23(18(24)25)7-8-26-17/h1-6,9,13,17H,7-8,10-11H2,(H,21,22)(H,24,25)/t13-,17+/m1/s1. The lowest BCUT2D eigenvalue weighted by Crippen LogP contribution is -2.37. The Kier molecular flexibility index (Phi) is 5.90. The number of carboxylic acid groups (broad SMARTS) is 1. The molecule has 2 atom stereocenters. The summed E-state index contributed by atoms with van der Waals surface area (Å²) in [4.78, 5) is 17.0. The summed E-state index contributed by atoms with van der Waals surface area (Å²) < 4.78 is 19.8. The van der Waals surface area contributed by atoms with Gasteiger partial charge in [0.05, 0.1) is 17.7 Å². The number of hydrogen-bond acceptors (Lipinski definition) is 4. The zero-order valence-electron chi connectivity index (χ0n) is 13.9. The number of hydrogen-bond donors (Lipinski definition) is 2. The number of carbonyl (C=O) groups is 1. The first-order chi connectivity index (χ1) is 12.5. The van der Waals surface area contributed by atoms with Crippen LogP contribution in [-0.2, 0) is 4.74 Å². The largest absolute Gasteiger partial charge is 0.465 e.